The molecule has 0 radical (unpaired) electrons. The largest absolute Gasteiger partial charge is 0.372 e. The molecule has 0 aliphatic rings. The number of rotatable bonds is 9. The third-order valence-corrected chi connectivity index (χ3v) is 3.39. The van der Waals surface area contributed by atoms with Crippen LogP contribution in [0.25, 0.3) is 0 Å². The van der Waals surface area contributed by atoms with Crippen molar-refractivity contribution in [3.63, 3.8) is 0 Å². The number of hydrogen-bond acceptors (Lipinski definition) is 2. The highest BCUT2D eigenvalue weighted by Crippen LogP contribution is 2.19. The molecule has 0 heterocycles. The van der Waals surface area contributed by atoms with Crippen LogP contribution >= 0.6 is 0 Å². The molecule has 0 bridgehead atoms. The van der Waals surface area contributed by atoms with Crippen LogP contribution in [0.3, 0.4) is 0 Å². The minimum Gasteiger partial charge on any atom is -0.372 e. The molecule has 0 aliphatic carbocycles. The maximum Gasteiger partial charge on any atom is 0.0949 e. The number of nitrogens with one attached hydrogen (secondary N) is 1. The van der Waals surface area contributed by atoms with E-state index in [1.807, 2.05) is 0 Å². The van der Waals surface area contributed by atoms with E-state index in [4.69, 9.17) is 4.74 Å². The van der Waals surface area contributed by atoms with Gasteiger partial charge in [-0.05, 0) is 31.4 Å². The van der Waals surface area contributed by atoms with Crippen LogP contribution in [0.5, 0.6) is 0 Å². The van der Waals surface area contributed by atoms with Gasteiger partial charge in [0, 0.05) is 6.54 Å². The summed E-state index contributed by atoms with van der Waals surface area (Å²) in [6.45, 7) is 11.5. The zero-order chi connectivity index (χ0) is 14.1. The van der Waals surface area contributed by atoms with Crippen molar-refractivity contribution in [2.75, 3.05) is 19.7 Å². The Balaban J connectivity index is 2.58. The Hall–Kier alpha value is -0.860. The van der Waals surface area contributed by atoms with Crippen LogP contribution in [0.1, 0.15) is 50.8 Å². The van der Waals surface area contributed by atoms with Gasteiger partial charge in [0.2, 0.25) is 0 Å². The quantitative estimate of drug-likeness (QED) is 0.724. The molecule has 1 rings (SSSR count). The Labute approximate surface area is 118 Å². The highest BCUT2D eigenvalue weighted by atomic mass is 16.5. The Morgan fingerprint density at radius 1 is 1.16 bits per heavy atom. The first-order valence-corrected chi connectivity index (χ1v) is 7.56. The van der Waals surface area contributed by atoms with Gasteiger partial charge in [0.15, 0.2) is 0 Å². The topological polar surface area (TPSA) is 21.3 Å². The van der Waals surface area contributed by atoms with E-state index in [1.165, 1.54) is 24.0 Å². The minimum atomic E-state index is 0.167. The number of ether oxygens (including phenoxy) is 1. The van der Waals surface area contributed by atoms with Gasteiger partial charge in [-0.2, -0.15) is 0 Å². The standard InChI is InChI=1S/C17H29NO/c1-5-7-15(4)13-19-17(12-18-6-2)16-10-8-14(3)9-11-16/h8-11,15,17-18H,5-7,12-13H2,1-4H3. The molecule has 0 spiro atoms. The first-order valence-electron chi connectivity index (χ1n) is 7.56. The summed E-state index contributed by atoms with van der Waals surface area (Å²) < 4.78 is 6.12. The predicted octanol–water partition coefficient (Wildman–Crippen LogP) is 4.10. The van der Waals surface area contributed by atoms with Crippen LogP contribution in [-0.2, 0) is 4.74 Å². The molecule has 1 aromatic rings. The van der Waals surface area contributed by atoms with E-state index in [0.717, 1.165) is 19.7 Å². The number of benzene rings is 1. The average molecular weight is 263 g/mol. The first kappa shape index (κ1) is 16.2. The van der Waals surface area contributed by atoms with Crippen molar-refractivity contribution in [1.29, 1.82) is 0 Å². The second-order valence-electron chi connectivity index (χ2n) is 5.43. The molecule has 2 nitrogen and oxygen atoms in total. The van der Waals surface area contributed by atoms with E-state index in [9.17, 15) is 0 Å². The Morgan fingerprint density at radius 3 is 2.42 bits per heavy atom. The summed E-state index contributed by atoms with van der Waals surface area (Å²) in [5.41, 5.74) is 2.57. The third-order valence-electron chi connectivity index (χ3n) is 3.39. The fourth-order valence-corrected chi connectivity index (χ4v) is 2.19. The predicted molar refractivity (Wildman–Crippen MR) is 82.5 cm³/mol. The summed E-state index contributed by atoms with van der Waals surface area (Å²) in [6, 6.07) is 8.68. The van der Waals surface area contributed by atoms with Gasteiger partial charge in [0.1, 0.15) is 0 Å². The lowest BCUT2D eigenvalue weighted by atomic mass is 10.1. The molecule has 1 aromatic carbocycles. The SMILES string of the molecule is CCCC(C)COC(CNCC)c1ccc(C)cc1. The number of aryl methyl sites for hydroxylation is 1. The monoisotopic (exact) mass is 263 g/mol. The summed E-state index contributed by atoms with van der Waals surface area (Å²) in [5.74, 6) is 0.638. The van der Waals surface area contributed by atoms with Crippen LogP contribution in [-0.4, -0.2) is 19.7 Å². The molecule has 0 aliphatic heterocycles. The first-order chi connectivity index (χ1) is 9.17. The zero-order valence-electron chi connectivity index (χ0n) is 12.9. The van der Waals surface area contributed by atoms with Crippen molar-refractivity contribution in [3.8, 4) is 0 Å². The summed E-state index contributed by atoms with van der Waals surface area (Å²) >= 11 is 0. The molecule has 0 aromatic heterocycles. The summed E-state index contributed by atoms with van der Waals surface area (Å²) in [6.07, 6.45) is 2.63. The van der Waals surface area contributed by atoms with Gasteiger partial charge in [-0.15, -0.1) is 0 Å². The maximum atomic E-state index is 6.12. The van der Waals surface area contributed by atoms with Crippen molar-refractivity contribution in [1.82, 2.24) is 5.32 Å². The van der Waals surface area contributed by atoms with E-state index < -0.39 is 0 Å². The minimum absolute atomic E-state index is 0.167. The second-order valence-corrected chi connectivity index (χ2v) is 5.43. The second kappa shape index (κ2) is 9.11. The highest BCUT2D eigenvalue weighted by molar-refractivity contribution is 5.23. The van der Waals surface area contributed by atoms with E-state index in [0.29, 0.717) is 5.92 Å². The normalized spacial score (nSPS) is 14.3. The Morgan fingerprint density at radius 2 is 1.84 bits per heavy atom. The molecule has 0 fully saturated rings. The van der Waals surface area contributed by atoms with Gasteiger partial charge < -0.3 is 10.1 Å². The molecule has 19 heavy (non-hydrogen) atoms. The van der Waals surface area contributed by atoms with Gasteiger partial charge in [0.05, 0.1) is 12.7 Å². The van der Waals surface area contributed by atoms with Gasteiger partial charge in [-0.25, -0.2) is 0 Å². The lowest BCUT2D eigenvalue weighted by Gasteiger charge is -2.21. The molecule has 0 amide bonds. The molecule has 108 valence electrons. The van der Waals surface area contributed by atoms with E-state index in [-0.39, 0.29) is 6.10 Å². The maximum absolute atomic E-state index is 6.12. The fraction of sp³-hybridized carbons (Fsp3) is 0.647. The lowest BCUT2D eigenvalue weighted by molar-refractivity contribution is 0.0302. The van der Waals surface area contributed by atoms with Crippen LogP contribution in [0.4, 0.5) is 0 Å². The van der Waals surface area contributed by atoms with E-state index in [1.54, 1.807) is 0 Å². The van der Waals surface area contributed by atoms with Gasteiger partial charge in [-0.3, -0.25) is 0 Å². The van der Waals surface area contributed by atoms with Crippen molar-refractivity contribution < 1.29 is 4.74 Å². The molecule has 1 N–H and O–H groups in total. The smallest absolute Gasteiger partial charge is 0.0949 e. The number of hydrogen-bond donors (Lipinski definition) is 1. The fourth-order valence-electron chi connectivity index (χ4n) is 2.19. The van der Waals surface area contributed by atoms with E-state index >= 15 is 0 Å². The van der Waals surface area contributed by atoms with Gasteiger partial charge in [-0.1, -0.05) is 57.0 Å². The lowest BCUT2D eigenvalue weighted by Crippen LogP contribution is -2.24. The summed E-state index contributed by atoms with van der Waals surface area (Å²) in [7, 11) is 0. The van der Waals surface area contributed by atoms with Crippen molar-refractivity contribution >= 4 is 0 Å². The van der Waals surface area contributed by atoms with Crippen molar-refractivity contribution in [3.05, 3.63) is 35.4 Å². The zero-order valence-corrected chi connectivity index (χ0v) is 12.9. The number of likely N-dealkylation sites (N-methyl/N-ethyl adjacent to an activating group) is 1. The van der Waals surface area contributed by atoms with Crippen LogP contribution < -0.4 is 5.32 Å². The summed E-state index contributed by atoms with van der Waals surface area (Å²) in [5, 5.41) is 3.39. The Bertz CT molecular complexity index is 334. The summed E-state index contributed by atoms with van der Waals surface area (Å²) in [4.78, 5) is 0. The van der Waals surface area contributed by atoms with Gasteiger partial charge >= 0.3 is 0 Å². The molecule has 2 unspecified atom stereocenters. The molecule has 0 saturated carbocycles. The van der Waals surface area contributed by atoms with Crippen LogP contribution in [0.15, 0.2) is 24.3 Å². The third kappa shape index (κ3) is 6.22. The van der Waals surface area contributed by atoms with Crippen LogP contribution in [0, 0.1) is 12.8 Å². The average Bonchev–Trinajstić information content (AvgIpc) is 2.40. The van der Waals surface area contributed by atoms with Crippen molar-refractivity contribution in [2.45, 2.75) is 46.6 Å². The van der Waals surface area contributed by atoms with E-state index in [2.05, 4.69) is 57.3 Å². The highest BCUT2D eigenvalue weighted by Gasteiger charge is 2.13. The molecule has 2 atom stereocenters. The van der Waals surface area contributed by atoms with Crippen LogP contribution in [0.2, 0.25) is 0 Å². The Kier molecular flexibility index (Phi) is 7.76. The molecular weight excluding hydrogens is 234 g/mol. The van der Waals surface area contributed by atoms with Gasteiger partial charge in [0.25, 0.3) is 0 Å². The van der Waals surface area contributed by atoms with Crippen molar-refractivity contribution in [2.24, 2.45) is 5.92 Å². The molecular formula is C17H29NO. The molecule has 0 saturated heterocycles. The molecule has 2 heteroatoms.